The van der Waals surface area contributed by atoms with Gasteiger partial charge in [0.05, 0.1) is 11.4 Å². The first-order valence-electron chi connectivity index (χ1n) is 13.4. The van der Waals surface area contributed by atoms with Gasteiger partial charge in [0.1, 0.15) is 0 Å². The van der Waals surface area contributed by atoms with Crippen molar-refractivity contribution in [1.82, 2.24) is 9.97 Å². The fourth-order valence-electron chi connectivity index (χ4n) is 5.91. The van der Waals surface area contributed by atoms with Crippen molar-refractivity contribution in [2.24, 2.45) is 0 Å². The molecule has 0 fully saturated rings. The summed E-state index contributed by atoms with van der Waals surface area (Å²) >= 11 is 0. The highest BCUT2D eigenvalue weighted by Gasteiger charge is 2.36. The van der Waals surface area contributed by atoms with Crippen molar-refractivity contribution >= 4 is 0 Å². The molecular weight excluding hydrogens is 472 g/mol. The summed E-state index contributed by atoms with van der Waals surface area (Å²) in [5.74, 6) is 0.727. The molecule has 2 nitrogen and oxygen atoms in total. The van der Waals surface area contributed by atoms with Crippen LogP contribution in [0.1, 0.15) is 25.0 Å². The maximum Gasteiger partial charge on any atom is 0.160 e. The van der Waals surface area contributed by atoms with Gasteiger partial charge in [-0.05, 0) is 45.5 Å². The molecule has 0 saturated heterocycles. The normalized spacial score (nSPS) is 13.1. The van der Waals surface area contributed by atoms with E-state index >= 15 is 0 Å². The number of fused-ring (bicyclic) bond motifs is 3. The Balaban J connectivity index is 1.40. The van der Waals surface area contributed by atoms with E-state index in [0.717, 1.165) is 33.9 Å². The molecule has 0 aliphatic heterocycles. The fourth-order valence-corrected chi connectivity index (χ4v) is 5.91. The van der Waals surface area contributed by atoms with Gasteiger partial charge in [0, 0.05) is 22.1 Å². The first-order chi connectivity index (χ1) is 19.1. The Hall–Kier alpha value is -4.82. The third-order valence-electron chi connectivity index (χ3n) is 7.90. The van der Waals surface area contributed by atoms with Crippen molar-refractivity contribution in [3.05, 3.63) is 145 Å². The summed E-state index contributed by atoms with van der Waals surface area (Å²) in [6, 6.07) is 47.0. The predicted octanol–water partition coefficient (Wildman–Crippen LogP) is 9.45. The summed E-state index contributed by atoms with van der Waals surface area (Å²) in [4.78, 5) is 10.1. The molecule has 0 saturated carbocycles. The molecule has 5 aromatic carbocycles. The summed E-state index contributed by atoms with van der Waals surface area (Å²) in [6.45, 7) is 4.65. The van der Waals surface area contributed by atoms with Crippen LogP contribution in [0, 0.1) is 0 Å². The van der Waals surface area contributed by atoms with E-state index in [1.54, 1.807) is 0 Å². The maximum absolute atomic E-state index is 5.05. The van der Waals surface area contributed by atoms with Crippen LogP contribution >= 0.6 is 0 Å². The highest BCUT2D eigenvalue weighted by Crippen LogP contribution is 2.52. The molecule has 7 rings (SSSR count). The number of rotatable bonds is 4. The van der Waals surface area contributed by atoms with E-state index in [4.69, 9.17) is 9.97 Å². The lowest BCUT2D eigenvalue weighted by Crippen LogP contribution is -2.14. The number of aromatic nitrogens is 2. The zero-order valence-electron chi connectivity index (χ0n) is 22.1. The van der Waals surface area contributed by atoms with Crippen LogP contribution in [0.15, 0.2) is 133 Å². The van der Waals surface area contributed by atoms with E-state index in [2.05, 4.69) is 135 Å². The van der Waals surface area contributed by atoms with Gasteiger partial charge in [-0.15, -0.1) is 0 Å². The topological polar surface area (TPSA) is 25.8 Å². The minimum atomic E-state index is -0.0305. The van der Waals surface area contributed by atoms with E-state index in [1.165, 1.54) is 33.4 Å². The summed E-state index contributed by atoms with van der Waals surface area (Å²) in [7, 11) is 0. The lowest BCUT2D eigenvalue weighted by atomic mass is 9.82. The molecule has 0 atom stereocenters. The smallest absolute Gasteiger partial charge is 0.160 e. The number of hydrogen-bond donors (Lipinski definition) is 0. The van der Waals surface area contributed by atoms with Gasteiger partial charge in [0.15, 0.2) is 5.82 Å². The van der Waals surface area contributed by atoms with Gasteiger partial charge in [-0.25, -0.2) is 9.97 Å². The van der Waals surface area contributed by atoms with E-state index in [9.17, 15) is 0 Å². The number of nitrogens with zero attached hydrogens (tertiary/aromatic N) is 2. The van der Waals surface area contributed by atoms with Crippen LogP contribution in [-0.2, 0) is 5.41 Å². The van der Waals surface area contributed by atoms with Gasteiger partial charge >= 0.3 is 0 Å². The molecule has 0 amide bonds. The van der Waals surface area contributed by atoms with Gasteiger partial charge in [-0.3, -0.25) is 0 Å². The van der Waals surface area contributed by atoms with E-state index in [1.807, 2.05) is 12.1 Å². The molecule has 1 aliphatic carbocycles. The van der Waals surface area contributed by atoms with Crippen LogP contribution in [-0.4, -0.2) is 9.97 Å². The Morgan fingerprint density at radius 1 is 0.436 bits per heavy atom. The zero-order chi connectivity index (χ0) is 26.4. The lowest BCUT2D eigenvalue weighted by molar-refractivity contribution is 0.660. The van der Waals surface area contributed by atoms with Gasteiger partial charge in [0.25, 0.3) is 0 Å². The molecule has 0 bridgehead atoms. The average Bonchev–Trinajstić information content (AvgIpc) is 3.24. The highest BCUT2D eigenvalue weighted by atomic mass is 14.9. The predicted molar refractivity (Wildman–Crippen MR) is 161 cm³/mol. The van der Waals surface area contributed by atoms with Crippen molar-refractivity contribution in [1.29, 1.82) is 0 Å². The monoisotopic (exact) mass is 500 g/mol. The molecule has 186 valence electrons. The quantitative estimate of drug-likeness (QED) is 0.241. The third kappa shape index (κ3) is 3.97. The molecule has 2 heteroatoms. The van der Waals surface area contributed by atoms with Gasteiger partial charge in [-0.2, -0.15) is 0 Å². The Bertz CT molecular complexity index is 1760. The number of hydrogen-bond acceptors (Lipinski definition) is 2. The van der Waals surface area contributed by atoms with Crippen LogP contribution in [0.3, 0.4) is 0 Å². The maximum atomic E-state index is 5.05. The second-order valence-corrected chi connectivity index (χ2v) is 10.7. The molecule has 1 aromatic heterocycles. The van der Waals surface area contributed by atoms with E-state index in [-0.39, 0.29) is 5.41 Å². The zero-order valence-corrected chi connectivity index (χ0v) is 22.1. The highest BCUT2D eigenvalue weighted by molar-refractivity contribution is 5.93. The first-order valence-corrected chi connectivity index (χ1v) is 13.4. The lowest BCUT2D eigenvalue weighted by Gasteiger charge is -2.21. The Kier molecular flexibility index (Phi) is 5.49. The summed E-state index contributed by atoms with van der Waals surface area (Å²) in [5, 5.41) is 0. The van der Waals surface area contributed by atoms with Crippen molar-refractivity contribution in [2.45, 2.75) is 19.3 Å². The van der Waals surface area contributed by atoms with E-state index < -0.39 is 0 Å². The minimum Gasteiger partial charge on any atom is -0.228 e. The summed E-state index contributed by atoms with van der Waals surface area (Å²) in [5.41, 5.74) is 12.8. The second-order valence-electron chi connectivity index (χ2n) is 10.7. The van der Waals surface area contributed by atoms with Crippen LogP contribution in [0.4, 0.5) is 0 Å². The van der Waals surface area contributed by atoms with Gasteiger partial charge in [-0.1, -0.05) is 135 Å². The Labute approximate surface area is 229 Å². The third-order valence-corrected chi connectivity index (χ3v) is 7.90. The molecule has 1 aliphatic rings. The summed E-state index contributed by atoms with van der Waals surface area (Å²) in [6.07, 6.45) is 0. The molecule has 1 heterocycles. The van der Waals surface area contributed by atoms with Crippen LogP contribution < -0.4 is 0 Å². The molecule has 39 heavy (non-hydrogen) atoms. The van der Waals surface area contributed by atoms with Crippen LogP contribution in [0.2, 0.25) is 0 Å². The second kappa shape index (κ2) is 9.18. The standard InChI is InChI=1S/C37H28N2/c1-37(2)31-21-10-9-19-30(31)35-29(20-12-22-32(35)37)27-17-11-18-28(23-27)36-38-33(25-13-5-3-6-14-25)24-34(39-36)26-15-7-4-8-16-26/h3-24H,1-2H3. The Morgan fingerprint density at radius 3 is 1.64 bits per heavy atom. The molecule has 6 aromatic rings. The summed E-state index contributed by atoms with van der Waals surface area (Å²) < 4.78 is 0. The average molecular weight is 501 g/mol. The molecule has 0 unspecified atom stereocenters. The van der Waals surface area contributed by atoms with Crippen molar-refractivity contribution in [3.63, 3.8) is 0 Å². The molecule has 0 spiro atoms. The SMILES string of the molecule is CC1(C)c2ccccc2-c2c(-c3cccc(-c4nc(-c5ccccc5)cc(-c5ccccc5)n4)c3)cccc21. The molecular formula is C37H28N2. The van der Waals surface area contributed by atoms with Crippen molar-refractivity contribution < 1.29 is 0 Å². The van der Waals surface area contributed by atoms with Gasteiger partial charge < -0.3 is 0 Å². The molecule has 0 radical (unpaired) electrons. The largest absolute Gasteiger partial charge is 0.228 e. The first kappa shape index (κ1) is 23.3. The van der Waals surface area contributed by atoms with Gasteiger partial charge in [0.2, 0.25) is 0 Å². The van der Waals surface area contributed by atoms with Crippen LogP contribution in [0.25, 0.3) is 56.2 Å². The van der Waals surface area contributed by atoms with Crippen LogP contribution in [0.5, 0.6) is 0 Å². The minimum absolute atomic E-state index is 0.0305. The van der Waals surface area contributed by atoms with E-state index in [0.29, 0.717) is 0 Å². The van der Waals surface area contributed by atoms with Crippen molar-refractivity contribution in [3.8, 4) is 56.2 Å². The van der Waals surface area contributed by atoms with Crippen molar-refractivity contribution in [2.75, 3.05) is 0 Å². The fraction of sp³-hybridized carbons (Fsp3) is 0.0811. The Morgan fingerprint density at radius 2 is 0.949 bits per heavy atom. The molecule has 0 N–H and O–H groups in total. The number of benzene rings is 5.